The molecule has 0 aliphatic carbocycles. The Morgan fingerprint density at radius 1 is 1.10 bits per heavy atom. The maximum atomic E-state index is 13.4. The summed E-state index contributed by atoms with van der Waals surface area (Å²) in [4.78, 5) is 9.52. The summed E-state index contributed by atoms with van der Waals surface area (Å²) in [7, 11) is 0. The van der Waals surface area contributed by atoms with Crippen LogP contribution in [0, 0.1) is 0 Å². The standard InChI is InChI=1S/C23H22F2N4OS/c1-23(24,25)18-6-4-14(5-7-18)21(30)19(26)12-28-22-29-13-20(31-22)16-2-3-17-11-27-9-8-15(17)10-16/h2-11,13,19,21,30H,12,26H2,1H3,(H,28,29)/t19-,21+/m1/s1. The van der Waals surface area contributed by atoms with E-state index in [9.17, 15) is 13.9 Å². The van der Waals surface area contributed by atoms with Gasteiger partial charge in [-0.15, -0.1) is 0 Å². The van der Waals surface area contributed by atoms with Crippen molar-refractivity contribution in [2.75, 3.05) is 11.9 Å². The second-order valence-electron chi connectivity index (χ2n) is 7.47. The third-order valence-corrected chi connectivity index (χ3v) is 6.09. The monoisotopic (exact) mass is 440 g/mol. The zero-order chi connectivity index (χ0) is 22.0. The molecule has 0 radical (unpaired) electrons. The van der Waals surface area contributed by atoms with Gasteiger partial charge in [0.15, 0.2) is 5.13 Å². The maximum absolute atomic E-state index is 13.4. The number of nitrogens with two attached hydrogens (primary N) is 1. The predicted molar refractivity (Wildman–Crippen MR) is 120 cm³/mol. The smallest absolute Gasteiger partial charge is 0.270 e. The fourth-order valence-electron chi connectivity index (χ4n) is 3.26. The first-order valence-corrected chi connectivity index (χ1v) is 10.6. The molecule has 2 heterocycles. The topological polar surface area (TPSA) is 84.1 Å². The van der Waals surface area contributed by atoms with Gasteiger partial charge in [0.25, 0.3) is 5.92 Å². The fraction of sp³-hybridized carbons (Fsp3) is 0.217. The Morgan fingerprint density at radius 2 is 1.87 bits per heavy atom. The molecule has 0 spiro atoms. The molecule has 0 fully saturated rings. The molecule has 160 valence electrons. The van der Waals surface area contributed by atoms with Crippen molar-refractivity contribution >= 4 is 27.2 Å². The van der Waals surface area contributed by atoms with Crippen molar-refractivity contribution in [3.8, 4) is 10.4 Å². The van der Waals surface area contributed by atoms with Crippen LogP contribution in [-0.4, -0.2) is 27.7 Å². The Balaban J connectivity index is 1.39. The van der Waals surface area contributed by atoms with Gasteiger partial charge in [0.05, 0.1) is 17.0 Å². The summed E-state index contributed by atoms with van der Waals surface area (Å²) in [5, 5.41) is 16.5. The molecule has 0 saturated heterocycles. The van der Waals surface area contributed by atoms with Crippen molar-refractivity contribution in [3.63, 3.8) is 0 Å². The molecule has 4 rings (SSSR count). The molecule has 4 aromatic rings. The van der Waals surface area contributed by atoms with Crippen molar-refractivity contribution < 1.29 is 13.9 Å². The van der Waals surface area contributed by atoms with E-state index in [-0.39, 0.29) is 12.1 Å². The SMILES string of the molecule is CC(F)(F)c1ccc([C@H](O)[C@H](N)CNc2ncc(-c3ccc4cnccc4c3)s2)cc1. The van der Waals surface area contributed by atoms with Crippen LogP contribution in [0.25, 0.3) is 21.2 Å². The van der Waals surface area contributed by atoms with Gasteiger partial charge in [-0.25, -0.2) is 13.8 Å². The van der Waals surface area contributed by atoms with Gasteiger partial charge in [0.2, 0.25) is 0 Å². The molecular formula is C23H22F2N4OS. The number of pyridine rings is 1. The summed E-state index contributed by atoms with van der Waals surface area (Å²) in [5.74, 6) is -2.92. The number of aliphatic hydroxyl groups is 1. The quantitative estimate of drug-likeness (QED) is 0.379. The Hall–Kier alpha value is -2.94. The first-order valence-electron chi connectivity index (χ1n) is 9.77. The molecule has 0 bridgehead atoms. The van der Waals surface area contributed by atoms with Gasteiger partial charge in [0, 0.05) is 43.0 Å². The highest BCUT2D eigenvalue weighted by atomic mass is 32.1. The minimum atomic E-state index is -2.92. The molecule has 2 atom stereocenters. The lowest BCUT2D eigenvalue weighted by atomic mass is 10.00. The molecule has 0 aliphatic rings. The second-order valence-corrected chi connectivity index (χ2v) is 8.50. The molecule has 31 heavy (non-hydrogen) atoms. The zero-order valence-electron chi connectivity index (χ0n) is 16.8. The van der Waals surface area contributed by atoms with Crippen molar-refractivity contribution in [1.82, 2.24) is 9.97 Å². The molecule has 8 heteroatoms. The van der Waals surface area contributed by atoms with Crippen LogP contribution in [0.5, 0.6) is 0 Å². The molecule has 0 unspecified atom stereocenters. The van der Waals surface area contributed by atoms with Crippen LogP contribution in [0.4, 0.5) is 13.9 Å². The van der Waals surface area contributed by atoms with Gasteiger partial charge < -0.3 is 16.2 Å². The predicted octanol–water partition coefficient (Wildman–Crippen LogP) is 4.94. The van der Waals surface area contributed by atoms with Crippen LogP contribution in [0.1, 0.15) is 24.2 Å². The Morgan fingerprint density at radius 3 is 2.61 bits per heavy atom. The van der Waals surface area contributed by atoms with Gasteiger partial charge in [0.1, 0.15) is 0 Å². The first kappa shape index (κ1) is 21.3. The average molecular weight is 441 g/mol. The number of thiazole rings is 1. The van der Waals surface area contributed by atoms with E-state index in [4.69, 9.17) is 5.73 Å². The number of nitrogens with zero attached hydrogens (tertiary/aromatic N) is 2. The summed E-state index contributed by atoms with van der Waals surface area (Å²) in [6, 6.07) is 13.1. The molecule has 0 aliphatic heterocycles. The Kier molecular flexibility index (Phi) is 5.95. The largest absolute Gasteiger partial charge is 0.387 e. The van der Waals surface area contributed by atoms with E-state index in [1.807, 2.05) is 24.4 Å². The lowest BCUT2D eigenvalue weighted by Gasteiger charge is -2.20. The summed E-state index contributed by atoms with van der Waals surface area (Å²) in [6.07, 6.45) is 4.40. The number of rotatable bonds is 7. The molecule has 0 amide bonds. The van der Waals surface area contributed by atoms with Gasteiger partial charge in [-0.1, -0.05) is 47.7 Å². The fourth-order valence-corrected chi connectivity index (χ4v) is 4.08. The molecule has 0 saturated carbocycles. The first-order chi connectivity index (χ1) is 14.8. The molecule has 2 aromatic heterocycles. The normalized spacial score (nSPS) is 13.8. The third kappa shape index (κ3) is 4.87. The van der Waals surface area contributed by atoms with Crippen molar-refractivity contribution in [2.45, 2.75) is 25.0 Å². The number of anilines is 1. The number of fused-ring (bicyclic) bond motifs is 1. The van der Waals surface area contributed by atoms with Crippen LogP contribution in [0.3, 0.4) is 0 Å². The number of benzene rings is 2. The number of alkyl halides is 2. The van der Waals surface area contributed by atoms with Gasteiger partial charge in [-0.3, -0.25) is 4.98 Å². The molecule has 5 nitrogen and oxygen atoms in total. The number of nitrogens with one attached hydrogen (secondary N) is 1. The van der Waals surface area contributed by atoms with Crippen molar-refractivity contribution in [1.29, 1.82) is 0 Å². The summed E-state index contributed by atoms with van der Waals surface area (Å²) in [5.41, 5.74) is 7.56. The number of halogens is 2. The summed E-state index contributed by atoms with van der Waals surface area (Å²) < 4.78 is 26.7. The number of aliphatic hydroxyl groups excluding tert-OH is 1. The lowest BCUT2D eigenvalue weighted by Crippen LogP contribution is -2.35. The van der Waals surface area contributed by atoms with Crippen LogP contribution < -0.4 is 11.1 Å². The minimum absolute atomic E-state index is 0.101. The van der Waals surface area contributed by atoms with Crippen molar-refractivity contribution in [3.05, 3.63) is 78.2 Å². The lowest BCUT2D eigenvalue weighted by molar-refractivity contribution is 0.0174. The van der Waals surface area contributed by atoms with Crippen molar-refractivity contribution in [2.24, 2.45) is 5.73 Å². The Labute approximate surface area is 182 Å². The Bertz CT molecular complexity index is 1170. The highest BCUT2D eigenvalue weighted by molar-refractivity contribution is 7.18. The summed E-state index contributed by atoms with van der Waals surface area (Å²) in [6.45, 7) is 1.12. The average Bonchev–Trinajstić information content (AvgIpc) is 3.25. The highest BCUT2D eigenvalue weighted by Gasteiger charge is 2.25. The number of hydrogen-bond donors (Lipinski definition) is 3. The van der Waals surface area contributed by atoms with E-state index in [0.717, 1.165) is 28.1 Å². The van der Waals surface area contributed by atoms with Crippen LogP contribution >= 0.6 is 11.3 Å². The third-order valence-electron chi connectivity index (χ3n) is 5.08. The van der Waals surface area contributed by atoms with E-state index in [1.165, 1.54) is 35.6 Å². The van der Waals surface area contributed by atoms with Gasteiger partial charge in [-0.05, 0) is 28.6 Å². The molecule has 2 aromatic carbocycles. The van der Waals surface area contributed by atoms with Gasteiger partial charge in [-0.2, -0.15) is 0 Å². The van der Waals surface area contributed by atoms with Crippen LogP contribution in [0.15, 0.2) is 67.1 Å². The summed E-state index contributed by atoms with van der Waals surface area (Å²) >= 11 is 1.49. The van der Waals surface area contributed by atoms with E-state index in [0.29, 0.717) is 10.7 Å². The number of hydrogen-bond acceptors (Lipinski definition) is 6. The minimum Gasteiger partial charge on any atom is -0.387 e. The highest BCUT2D eigenvalue weighted by Crippen LogP contribution is 2.31. The number of aromatic nitrogens is 2. The maximum Gasteiger partial charge on any atom is 0.270 e. The van der Waals surface area contributed by atoms with E-state index < -0.39 is 18.1 Å². The van der Waals surface area contributed by atoms with Crippen LogP contribution in [0.2, 0.25) is 0 Å². The zero-order valence-corrected chi connectivity index (χ0v) is 17.6. The van der Waals surface area contributed by atoms with Crippen LogP contribution in [-0.2, 0) is 5.92 Å². The van der Waals surface area contributed by atoms with E-state index in [1.54, 1.807) is 12.4 Å². The van der Waals surface area contributed by atoms with E-state index >= 15 is 0 Å². The molecular weight excluding hydrogens is 418 g/mol. The second kappa shape index (κ2) is 8.66. The van der Waals surface area contributed by atoms with Gasteiger partial charge >= 0.3 is 0 Å². The van der Waals surface area contributed by atoms with E-state index in [2.05, 4.69) is 21.4 Å². The molecule has 4 N–H and O–H groups in total.